The highest BCUT2D eigenvalue weighted by atomic mass is 16.5. The molecule has 0 aliphatic carbocycles. The number of aryl methyl sites for hydroxylation is 1. The Balaban J connectivity index is 1.71. The van der Waals surface area contributed by atoms with Gasteiger partial charge >= 0.3 is 0 Å². The van der Waals surface area contributed by atoms with Gasteiger partial charge in [0.25, 0.3) is 5.91 Å². The molecule has 31 heavy (non-hydrogen) atoms. The lowest BCUT2D eigenvalue weighted by molar-refractivity contribution is -0.139. The van der Waals surface area contributed by atoms with E-state index in [0.29, 0.717) is 23.4 Å². The first-order valence-corrected chi connectivity index (χ1v) is 9.38. The molecule has 0 spiro atoms. The van der Waals surface area contributed by atoms with E-state index >= 15 is 0 Å². The SMILES string of the molecule is Cc1ccc(OCC#Cc2ccc(O)cn2)cc1C(=O)N(C=O)C1CCC(=O)NC1=O. The van der Waals surface area contributed by atoms with Gasteiger partial charge in [-0.2, -0.15) is 0 Å². The molecular formula is C22H19N3O6. The molecule has 158 valence electrons. The second-order valence-corrected chi connectivity index (χ2v) is 6.75. The standard InChI is InChI=1S/C22H19N3O6/c1-14-4-7-17(31-10-2-3-15-5-6-16(27)12-23-15)11-18(14)22(30)25(13-26)19-8-9-20(28)24-21(19)29/h4-7,11-13,19,27H,8-10H2,1H3,(H,24,28,29). The monoisotopic (exact) mass is 421 g/mol. The van der Waals surface area contributed by atoms with Crippen LogP contribution in [0.3, 0.4) is 0 Å². The summed E-state index contributed by atoms with van der Waals surface area (Å²) in [6, 6.07) is 6.77. The Hall–Kier alpha value is -4.19. The summed E-state index contributed by atoms with van der Waals surface area (Å²) in [4.78, 5) is 52.6. The van der Waals surface area contributed by atoms with Crippen molar-refractivity contribution in [2.75, 3.05) is 6.61 Å². The number of rotatable bonds is 5. The van der Waals surface area contributed by atoms with Crippen molar-refractivity contribution >= 4 is 24.1 Å². The Morgan fingerprint density at radius 2 is 2.16 bits per heavy atom. The number of nitrogens with zero attached hydrogens (tertiary/aromatic N) is 2. The van der Waals surface area contributed by atoms with E-state index in [9.17, 15) is 24.3 Å². The van der Waals surface area contributed by atoms with Gasteiger partial charge in [0.15, 0.2) is 0 Å². The fourth-order valence-electron chi connectivity index (χ4n) is 2.98. The Bertz CT molecular complexity index is 1080. The van der Waals surface area contributed by atoms with Crippen molar-refractivity contribution in [3.05, 3.63) is 53.3 Å². The summed E-state index contributed by atoms with van der Waals surface area (Å²) in [7, 11) is 0. The van der Waals surface area contributed by atoms with Gasteiger partial charge in [-0.15, -0.1) is 0 Å². The summed E-state index contributed by atoms with van der Waals surface area (Å²) in [5.41, 5.74) is 1.25. The second-order valence-electron chi connectivity index (χ2n) is 6.75. The molecule has 1 unspecified atom stereocenters. The van der Waals surface area contributed by atoms with Crippen LogP contribution in [0.15, 0.2) is 36.5 Å². The fourth-order valence-corrected chi connectivity index (χ4v) is 2.98. The number of nitrogens with one attached hydrogen (secondary N) is 1. The fraction of sp³-hybridized carbons (Fsp3) is 0.227. The average Bonchev–Trinajstić information content (AvgIpc) is 2.75. The Kier molecular flexibility index (Phi) is 6.62. The average molecular weight is 421 g/mol. The maximum absolute atomic E-state index is 12.9. The number of aromatic nitrogens is 1. The molecule has 1 aliphatic heterocycles. The Morgan fingerprint density at radius 3 is 2.84 bits per heavy atom. The van der Waals surface area contributed by atoms with Crippen molar-refractivity contribution in [3.8, 4) is 23.3 Å². The summed E-state index contributed by atoms with van der Waals surface area (Å²) in [5.74, 6) is 4.18. The van der Waals surface area contributed by atoms with Gasteiger partial charge in [-0.25, -0.2) is 4.98 Å². The van der Waals surface area contributed by atoms with Crippen LogP contribution in [0.2, 0.25) is 0 Å². The normalized spacial score (nSPS) is 15.3. The highest BCUT2D eigenvalue weighted by Gasteiger charge is 2.35. The molecule has 1 aromatic carbocycles. The third-order valence-corrected chi connectivity index (χ3v) is 4.61. The first kappa shape index (κ1) is 21.5. The molecule has 0 radical (unpaired) electrons. The van der Waals surface area contributed by atoms with Gasteiger partial charge in [0.2, 0.25) is 18.2 Å². The van der Waals surface area contributed by atoms with Crippen LogP contribution in [0, 0.1) is 18.8 Å². The van der Waals surface area contributed by atoms with Crippen molar-refractivity contribution in [2.45, 2.75) is 25.8 Å². The molecule has 1 fully saturated rings. The predicted octanol–water partition coefficient (Wildman–Crippen LogP) is 0.930. The lowest BCUT2D eigenvalue weighted by Gasteiger charge is -2.28. The number of hydrogen-bond donors (Lipinski definition) is 2. The van der Waals surface area contributed by atoms with Crippen LogP contribution < -0.4 is 10.1 Å². The summed E-state index contributed by atoms with van der Waals surface area (Å²) < 4.78 is 5.56. The van der Waals surface area contributed by atoms with Crippen LogP contribution >= 0.6 is 0 Å². The van der Waals surface area contributed by atoms with E-state index < -0.39 is 23.8 Å². The summed E-state index contributed by atoms with van der Waals surface area (Å²) >= 11 is 0. The van der Waals surface area contributed by atoms with Crippen molar-refractivity contribution in [3.63, 3.8) is 0 Å². The van der Waals surface area contributed by atoms with E-state index in [1.54, 1.807) is 25.1 Å². The van der Waals surface area contributed by atoms with Gasteiger partial charge in [0, 0.05) is 12.0 Å². The van der Waals surface area contributed by atoms with Crippen molar-refractivity contribution in [1.29, 1.82) is 0 Å². The van der Waals surface area contributed by atoms with Crippen LogP contribution in [0.5, 0.6) is 11.5 Å². The predicted molar refractivity (Wildman–Crippen MR) is 108 cm³/mol. The summed E-state index contributed by atoms with van der Waals surface area (Å²) in [6.45, 7) is 1.71. The summed E-state index contributed by atoms with van der Waals surface area (Å²) in [6.07, 6.45) is 1.70. The number of ether oxygens (including phenoxy) is 1. The molecule has 0 bridgehead atoms. The number of amides is 4. The largest absolute Gasteiger partial charge is 0.506 e. The molecule has 1 aliphatic rings. The van der Waals surface area contributed by atoms with Gasteiger partial charge in [-0.05, 0) is 49.1 Å². The molecule has 2 N–H and O–H groups in total. The molecule has 4 amide bonds. The molecule has 2 aromatic rings. The van der Waals surface area contributed by atoms with E-state index in [-0.39, 0.29) is 30.8 Å². The molecule has 1 aromatic heterocycles. The smallest absolute Gasteiger partial charge is 0.261 e. The van der Waals surface area contributed by atoms with Gasteiger partial charge in [-0.3, -0.25) is 29.4 Å². The van der Waals surface area contributed by atoms with Crippen LogP contribution in [0.1, 0.15) is 34.5 Å². The minimum Gasteiger partial charge on any atom is -0.506 e. The number of carbonyl (C=O) groups is 4. The minimum absolute atomic E-state index is 0.0176. The minimum atomic E-state index is -1.05. The third kappa shape index (κ3) is 5.25. The van der Waals surface area contributed by atoms with Crippen molar-refractivity contribution < 1.29 is 29.0 Å². The second kappa shape index (κ2) is 9.54. The number of hydrogen-bond acceptors (Lipinski definition) is 7. The number of imide groups is 2. The van der Waals surface area contributed by atoms with E-state index in [2.05, 4.69) is 22.1 Å². The number of aromatic hydroxyl groups is 1. The molecule has 1 atom stereocenters. The van der Waals surface area contributed by atoms with Gasteiger partial charge in [0.05, 0.1) is 6.20 Å². The quantitative estimate of drug-likeness (QED) is 0.418. The number of piperidine rings is 1. The van der Waals surface area contributed by atoms with E-state index in [1.807, 2.05) is 0 Å². The lowest BCUT2D eigenvalue weighted by atomic mass is 10.0. The maximum Gasteiger partial charge on any atom is 0.261 e. The number of carbonyl (C=O) groups excluding carboxylic acids is 4. The van der Waals surface area contributed by atoms with Crippen molar-refractivity contribution in [2.24, 2.45) is 0 Å². The third-order valence-electron chi connectivity index (χ3n) is 4.61. The molecule has 0 saturated carbocycles. The number of benzene rings is 1. The molecule has 1 saturated heterocycles. The Morgan fingerprint density at radius 1 is 1.35 bits per heavy atom. The Labute approximate surface area is 178 Å². The van der Waals surface area contributed by atoms with Crippen LogP contribution in [-0.2, 0) is 14.4 Å². The zero-order valence-corrected chi connectivity index (χ0v) is 16.6. The molecule has 3 rings (SSSR count). The highest BCUT2D eigenvalue weighted by molar-refractivity contribution is 6.07. The highest BCUT2D eigenvalue weighted by Crippen LogP contribution is 2.21. The molecular weight excluding hydrogens is 402 g/mol. The van der Waals surface area contributed by atoms with E-state index in [4.69, 9.17) is 4.74 Å². The van der Waals surface area contributed by atoms with Crippen LogP contribution in [0.25, 0.3) is 0 Å². The first-order chi connectivity index (χ1) is 14.9. The summed E-state index contributed by atoms with van der Waals surface area (Å²) in [5, 5.41) is 11.3. The van der Waals surface area contributed by atoms with E-state index in [0.717, 1.165) is 4.90 Å². The molecule has 2 heterocycles. The lowest BCUT2D eigenvalue weighted by Crippen LogP contribution is -2.53. The maximum atomic E-state index is 12.9. The number of pyridine rings is 1. The van der Waals surface area contributed by atoms with Gasteiger partial charge in [0.1, 0.15) is 29.8 Å². The van der Waals surface area contributed by atoms with E-state index in [1.165, 1.54) is 18.3 Å². The van der Waals surface area contributed by atoms with Crippen molar-refractivity contribution in [1.82, 2.24) is 15.2 Å². The van der Waals surface area contributed by atoms with Crippen LogP contribution in [0.4, 0.5) is 0 Å². The topological polar surface area (TPSA) is 126 Å². The molecule has 9 nitrogen and oxygen atoms in total. The van der Waals surface area contributed by atoms with Crippen LogP contribution in [-0.4, -0.2) is 51.8 Å². The first-order valence-electron chi connectivity index (χ1n) is 9.38. The van der Waals surface area contributed by atoms with Gasteiger partial charge in [-0.1, -0.05) is 12.0 Å². The van der Waals surface area contributed by atoms with Gasteiger partial charge < -0.3 is 9.84 Å². The zero-order valence-electron chi connectivity index (χ0n) is 16.6. The molecule has 9 heteroatoms. The zero-order chi connectivity index (χ0) is 22.4.